The number of piperidine rings is 1. The summed E-state index contributed by atoms with van der Waals surface area (Å²) in [5.41, 5.74) is -0.528. The van der Waals surface area contributed by atoms with Gasteiger partial charge in [-0.1, -0.05) is 0 Å². The van der Waals surface area contributed by atoms with Gasteiger partial charge in [0.15, 0.2) is 0 Å². The fourth-order valence-electron chi connectivity index (χ4n) is 2.30. The Hall–Kier alpha value is -1.14. The van der Waals surface area contributed by atoms with E-state index < -0.39 is 5.54 Å². The van der Waals surface area contributed by atoms with E-state index in [1.54, 1.807) is 14.2 Å². The van der Waals surface area contributed by atoms with Gasteiger partial charge in [0.25, 0.3) is 0 Å². The first kappa shape index (κ1) is 15.9. The van der Waals surface area contributed by atoms with E-state index in [2.05, 4.69) is 10.6 Å². The quantitative estimate of drug-likeness (QED) is 0.653. The van der Waals surface area contributed by atoms with Crippen molar-refractivity contribution in [3.8, 4) is 0 Å². The van der Waals surface area contributed by atoms with E-state index in [4.69, 9.17) is 4.74 Å². The maximum Gasteiger partial charge on any atom is 0.242 e. The van der Waals surface area contributed by atoms with Crippen molar-refractivity contribution in [2.75, 3.05) is 40.4 Å². The molecular weight excluding hydrogens is 246 g/mol. The van der Waals surface area contributed by atoms with Crippen LogP contribution in [0.15, 0.2) is 0 Å². The van der Waals surface area contributed by atoms with Crippen molar-refractivity contribution in [2.45, 2.75) is 31.7 Å². The summed E-state index contributed by atoms with van der Waals surface area (Å²) in [5.74, 6) is -0.179. The molecule has 2 N–H and O–H groups in total. The van der Waals surface area contributed by atoms with E-state index in [0.29, 0.717) is 13.2 Å². The predicted octanol–water partition coefficient (Wildman–Crippen LogP) is -0.260. The molecule has 1 heterocycles. The molecule has 0 aromatic carbocycles. The molecule has 0 bridgehead atoms. The summed E-state index contributed by atoms with van der Waals surface area (Å²) in [4.78, 5) is 25.5. The first-order chi connectivity index (χ1) is 8.99. The molecule has 2 amide bonds. The highest BCUT2D eigenvalue weighted by Gasteiger charge is 2.36. The van der Waals surface area contributed by atoms with Crippen LogP contribution in [0, 0.1) is 0 Å². The van der Waals surface area contributed by atoms with Gasteiger partial charge in [-0.25, -0.2) is 0 Å². The summed E-state index contributed by atoms with van der Waals surface area (Å²) >= 11 is 0. The molecule has 110 valence electrons. The zero-order chi connectivity index (χ0) is 14.3. The third-order valence-corrected chi connectivity index (χ3v) is 3.45. The summed E-state index contributed by atoms with van der Waals surface area (Å²) in [5, 5.41) is 5.97. The maximum atomic E-state index is 12.3. The number of amides is 2. The van der Waals surface area contributed by atoms with Crippen LogP contribution < -0.4 is 10.6 Å². The van der Waals surface area contributed by atoms with E-state index in [1.807, 2.05) is 6.92 Å². The van der Waals surface area contributed by atoms with E-state index in [-0.39, 0.29) is 18.4 Å². The van der Waals surface area contributed by atoms with E-state index in [0.717, 1.165) is 25.8 Å². The van der Waals surface area contributed by atoms with Crippen molar-refractivity contribution in [3.05, 3.63) is 0 Å². The summed E-state index contributed by atoms with van der Waals surface area (Å²) in [6.45, 7) is 3.79. The van der Waals surface area contributed by atoms with Gasteiger partial charge in [-0.15, -0.1) is 0 Å². The second kappa shape index (κ2) is 7.45. The number of rotatable bonds is 6. The lowest BCUT2D eigenvalue weighted by Gasteiger charge is -2.36. The maximum absolute atomic E-state index is 12.3. The molecule has 1 aliphatic heterocycles. The molecule has 19 heavy (non-hydrogen) atoms. The normalized spacial score (nSPS) is 22.9. The van der Waals surface area contributed by atoms with Crippen LogP contribution in [-0.4, -0.2) is 62.7 Å². The number of carbonyl (C=O) groups is 2. The number of methoxy groups -OCH3 is 1. The molecule has 1 saturated heterocycles. The Kier molecular flexibility index (Phi) is 6.24. The number of ether oxygens (including phenoxy) is 1. The van der Waals surface area contributed by atoms with Crippen molar-refractivity contribution >= 4 is 11.8 Å². The SMILES string of the molecule is COCCNC(=O)CN(C)C(=O)C1(C)CCCCN1. The van der Waals surface area contributed by atoms with Gasteiger partial charge in [-0.3, -0.25) is 9.59 Å². The monoisotopic (exact) mass is 271 g/mol. The second-order valence-corrected chi connectivity index (χ2v) is 5.22. The van der Waals surface area contributed by atoms with Gasteiger partial charge in [0.1, 0.15) is 0 Å². The van der Waals surface area contributed by atoms with Gasteiger partial charge in [0.05, 0.1) is 18.7 Å². The zero-order valence-corrected chi connectivity index (χ0v) is 12.1. The number of nitrogens with one attached hydrogen (secondary N) is 2. The smallest absolute Gasteiger partial charge is 0.242 e. The van der Waals surface area contributed by atoms with Gasteiger partial charge < -0.3 is 20.3 Å². The van der Waals surface area contributed by atoms with Crippen LogP contribution in [0.2, 0.25) is 0 Å². The molecule has 1 aliphatic rings. The van der Waals surface area contributed by atoms with Gasteiger partial charge >= 0.3 is 0 Å². The minimum atomic E-state index is -0.528. The van der Waals surface area contributed by atoms with Crippen LogP contribution in [0.5, 0.6) is 0 Å². The molecule has 0 aromatic heterocycles. The molecule has 1 fully saturated rings. The fourth-order valence-corrected chi connectivity index (χ4v) is 2.30. The number of hydrogen-bond acceptors (Lipinski definition) is 4. The average Bonchev–Trinajstić information content (AvgIpc) is 2.39. The number of hydrogen-bond donors (Lipinski definition) is 2. The molecule has 0 saturated carbocycles. The molecule has 0 aromatic rings. The summed E-state index contributed by atoms with van der Waals surface area (Å²) < 4.78 is 4.85. The fraction of sp³-hybridized carbons (Fsp3) is 0.846. The lowest BCUT2D eigenvalue weighted by Crippen LogP contribution is -2.58. The minimum Gasteiger partial charge on any atom is -0.383 e. The van der Waals surface area contributed by atoms with Gasteiger partial charge in [0.2, 0.25) is 11.8 Å². The Morgan fingerprint density at radius 3 is 2.74 bits per heavy atom. The lowest BCUT2D eigenvalue weighted by molar-refractivity contribution is -0.140. The van der Waals surface area contributed by atoms with Gasteiger partial charge in [0, 0.05) is 20.7 Å². The minimum absolute atomic E-state index is 0.0194. The van der Waals surface area contributed by atoms with Crippen LogP contribution in [0.3, 0.4) is 0 Å². The highest BCUT2D eigenvalue weighted by molar-refractivity contribution is 5.90. The molecule has 0 aliphatic carbocycles. The Bertz CT molecular complexity index is 314. The van der Waals surface area contributed by atoms with Crippen LogP contribution in [-0.2, 0) is 14.3 Å². The van der Waals surface area contributed by atoms with Gasteiger partial charge in [-0.2, -0.15) is 0 Å². The summed E-state index contributed by atoms with van der Waals surface area (Å²) in [6, 6.07) is 0. The van der Waals surface area contributed by atoms with Crippen molar-refractivity contribution in [2.24, 2.45) is 0 Å². The van der Waals surface area contributed by atoms with Crippen LogP contribution in [0.1, 0.15) is 26.2 Å². The first-order valence-electron chi connectivity index (χ1n) is 6.76. The molecule has 1 atom stereocenters. The molecule has 6 nitrogen and oxygen atoms in total. The Labute approximate surface area is 114 Å². The third kappa shape index (κ3) is 4.80. The number of likely N-dealkylation sites (N-methyl/N-ethyl adjacent to an activating group) is 1. The Morgan fingerprint density at radius 2 is 2.16 bits per heavy atom. The Balaban J connectivity index is 2.41. The van der Waals surface area contributed by atoms with E-state index >= 15 is 0 Å². The molecule has 1 unspecified atom stereocenters. The van der Waals surface area contributed by atoms with Crippen molar-refractivity contribution in [3.63, 3.8) is 0 Å². The van der Waals surface area contributed by atoms with Crippen LogP contribution >= 0.6 is 0 Å². The van der Waals surface area contributed by atoms with Crippen LogP contribution in [0.4, 0.5) is 0 Å². The lowest BCUT2D eigenvalue weighted by atomic mass is 9.89. The topological polar surface area (TPSA) is 70.7 Å². The summed E-state index contributed by atoms with van der Waals surface area (Å²) in [7, 11) is 3.25. The standard InChI is InChI=1S/C13H25N3O3/c1-13(6-4-5-7-15-13)12(18)16(2)10-11(17)14-8-9-19-3/h15H,4-10H2,1-3H3,(H,14,17). The van der Waals surface area contributed by atoms with E-state index in [9.17, 15) is 9.59 Å². The molecular formula is C13H25N3O3. The van der Waals surface area contributed by atoms with E-state index in [1.165, 1.54) is 4.90 Å². The first-order valence-corrected chi connectivity index (χ1v) is 6.76. The largest absolute Gasteiger partial charge is 0.383 e. The average molecular weight is 271 g/mol. The number of nitrogens with zero attached hydrogens (tertiary/aromatic N) is 1. The number of carbonyl (C=O) groups excluding carboxylic acids is 2. The molecule has 0 spiro atoms. The van der Waals surface area contributed by atoms with Crippen molar-refractivity contribution < 1.29 is 14.3 Å². The second-order valence-electron chi connectivity index (χ2n) is 5.22. The summed E-state index contributed by atoms with van der Waals surface area (Å²) in [6.07, 6.45) is 2.97. The highest BCUT2D eigenvalue weighted by Crippen LogP contribution is 2.20. The molecule has 6 heteroatoms. The molecule has 0 radical (unpaired) electrons. The Morgan fingerprint density at radius 1 is 1.42 bits per heavy atom. The van der Waals surface area contributed by atoms with Crippen molar-refractivity contribution in [1.29, 1.82) is 0 Å². The van der Waals surface area contributed by atoms with Crippen molar-refractivity contribution in [1.82, 2.24) is 15.5 Å². The predicted molar refractivity (Wildman–Crippen MR) is 72.8 cm³/mol. The zero-order valence-electron chi connectivity index (χ0n) is 12.1. The highest BCUT2D eigenvalue weighted by atomic mass is 16.5. The van der Waals surface area contributed by atoms with Gasteiger partial charge in [-0.05, 0) is 32.7 Å². The van der Waals surface area contributed by atoms with Crippen LogP contribution in [0.25, 0.3) is 0 Å². The molecule has 1 rings (SSSR count). The third-order valence-electron chi connectivity index (χ3n) is 3.45.